The second-order valence-electron chi connectivity index (χ2n) is 6.62. The van der Waals surface area contributed by atoms with E-state index in [1.165, 1.54) is 13.0 Å². The maximum atomic E-state index is 12.3. The third-order valence-electron chi connectivity index (χ3n) is 4.28. The first kappa shape index (κ1) is 19.5. The molecule has 0 saturated heterocycles. The minimum Gasteiger partial charge on any atom is -0.486 e. The zero-order valence-corrected chi connectivity index (χ0v) is 16.2. The molecule has 3 rings (SSSR count). The molecule has 0 bridgehead atoms. The van der Waals surface area contributed by atoms with Crippen molar-refractivity contribution >= 4 is 23.6 Å². The molecule has 0 radical (unpaired) electrons. The smallest absolute Gasteiger partial charge is 0.331 e. The fourth-order valence-corrected chi connectivity index (χ4v) is 2.78. The third kappa shape index (κ3) is 4.91. The van der Waals surface area contributed by atoms with Gasteiger partial charge in [-0.25, -0.2) is 4.79 Å². The van der Waals surface area contributed by atoms with E-state index in [1.807, 2.05) is 38.1 Å². The van der Waals surface area contributed by atoms with Crippen LogP contribution in [-0.4, -0.2) is 31.2 Å². The summed E-state index contributed by atoms with van der Waals surface area (Å²) in [5.41, 5.74) is 3.53. The molecule has 0 aliphatic carbocycles. The van der Waals surface area contributed by atoms with Crippen LogP contribution >= 0.6 is 0 Å². The SMILES string of the molecule is Cc1ccc(NC(=O)[C@H](C)OC(=O)/C=C/c2ccc3c(c2)OCCO3)c(C)c1. The number of esters is 1. The number of ether oxygens (including phenoxy) is 3. The van der Waals surface area contributed by atoms with Crippen LogP contribution in [0.4, 0.5) is 5.69 Å². The van der Waals surface area contributed by atoms with Crippen LogP contribution in [-0.2, 0) is 14.3 Å². The molecule has 2 aromatic carbocycles. The predicted molar refractivity (Wildman–Crippen MR) is 107 cm³/mol. The largest absolute Gasteiger partial charge is 0.486 e. The Bertz CT molecular complexity index is 919. The number of fused-ring (bicyclic) bond motifs is 1. The lowest BCUT2D eigenvalue weighted by Crippen LogP contribution is -2.29. The number of hydrogen-bond donors (Lipinski definition) is 1. The molecule has 1 aliphatic heterocycles. The molecular formula is C22H23NO5. The number of amides is 1. The number of anilines is 1. The number of benzene rings is 2. The quantitative estimate of drug-likeness (QED) is 0.632. The van der Waals surface area contributed by atoms with Crippen LogP contribution in [0.1, 0.15) is 23.6 Å². The van der Waals surface area contributed by atoms with E-state index in [9.17, 15) is 9.59 Å². The molecule has 0 aromatic heterocycles. The summed E-state index contributed by atoms with van der Waals surface area (Å²) in [7, 11) is 0. The van der Waals surface area contributed by atoms with E-state index in [4.69, 9.17) is 14.2 Å². The van der Waals surface area contributed by atoms with Gasteiger partial charge in [-0.3, -0.25) is 4.79 Å². The van der Waals surface area contributed by atoms with Gasteiger partial charge in [0, 0.05) is 11.8 Å². The van der Waals surface area contributed by atoms with Gasteiger partial charge in [0.25, 0.3) is 5.91 Å². The highest BCUT2D eigenvalue weighted by Gasteiger charge is 2.17. The first-order valence-electron chi connectivity index (χ1n) is 9.09. The van der Waals surface area contributed by atoms with Crippen molar-refractivity contribution in [3.8, 4) is 11.5 Å². The second-order valence-corrected chi connectivity index (χ2v) is 6.62. The topological polar surface area (TPSA) is 73.9 Å². The van der Waals surface area contributed by atoms with Crippen molar-refractivity contribution in [2.75, 3.05) is 18.5 Å². The molecule has 0 spiro atoms. The van der Waals surface area contributed by atoms with Gasteiger partial charge in [-0.15, -0.1) is 0 Å². The first-order chi connectivity index (χ1) is 13.4. The van der Waals surface area contributed by atoms with E-state index >= 15 is 0 Å². The highest BCUT2D eigenvalue weighted by Crippen LogP contribution is 2.31. The summed E-state index contributed by atoms with van der Waals surface area (Å²) in [6, 6.07) is 11.1. The van der Waals surface area contributed by atoms with Gasteiger partial charge < -0.3 is 19.5 Å². The Labute approximate surface area is 164 Å². The van der Waals surface area contributed by atoms with Gasteiger partial charge >= 0.3 is 5.97 Å². The minimum atomic E-state index is -0.918. The average molecular weight is 381 g/mol. The lowest BCUT2D eigenvalue weighted by molar-refractivity contribution is -0.148. The van der Waals surface area contributed by atoms with Crippen molar-refractivity contribution in [2.24, 2.45) is 0 Å². The summed E-state index contributed by atoms with van der Waals surface area (Å²) >= 11 is 0. The normalized spacial score (nSPS) is 13.8. The second kappa shape index (κ2) is 8.61. The lowest BCUT2D eigenvalue weighted by atomic mass is 10.1. The van der Waals surface area contributed by atoms with E-state index < -0.39 is 12.1 Å². The van der Waals surface area contributed by atoms with Gasteiger partial charge in [0.2, 0.25) is 0 Å². The fourth-order valence-electron chi connectivity index (χ4n) is 2.78. The predicted octanol–water partition coefficient (Wildman–Crippen LogP) is 3.66. The summed E-state index contributed by atoms with van der Waals surface area (Å²) < 4.78 is 16.2. The molecule has 1 aliphatic rings. The standard InChI is InChI=1S/C22H23NO5/c1-14-4-7-18(15(2)12-14)23-22(25)16(3)28-21(24)9-6-17-5-8-19-20(13-17)27-11-10-26-19/h4-9,12-13,16H,10-11H2,1-3H3,(H,23,25)/b9-6+/t16-/m0/s1. The van der Waals surface area contributed by atoms with Crippen molar-refractivity contribution in [1.82, 2.24) is 0 Å². The summed E-state index contributed by atoms with van der Waals surface area (Å²) in [5, 5.41) is 2.78. The van der Waals surface area contributed by atoms with Gasteiger partial charge in [0.05, 0.1) is 0 Å². The van der Waals surface area contributed by atoms with Crippen molar-refractivity contribution in [3.05, 3.63) is 59.2 Å². The maximum Gasteiger partial charge on any atom is 0.331 e. The molecule has 2 aromatic rings. The highest BCUT2D eigenvalue weighted by atomic mass is 16.6. The van der Waals surface area contributed by atoms with Gasteiger partial charge in [-0.2, -0.15) is 0 Å². The van der Waals surface area contributed by atoms with Crippen LogP contribution in [0.25, 0.3) is 6.08 Å². The monoisotopic (exact) mass is 381 g/mol. The summed E-state index contributed by atoms with van der Waals surface area (Å²) in [6.45, 7) is 6.45. The summed E-state index contributed by atoms with van der Waals surface area (Å²) in [5.74, 6) is 0.344. The van der Waals surface area contributed by atoms with E-state index in [0.717, 1.165) is 16.7 Å². The fraction of sp³-hybridized carbons (Fsp3) is 0.273. The van der Waals surface area contributed by atoms with Crippen LogP contribution in [0.3, 0.4) is 0 Å². The van der Waals surface area contributed by atoms with Gasteiger partial charge in [0.15, 0.2) is 17.6 Å². The number of carbonyl (C=O) groups is 2. The minimum absolute atomic E-state index is 0.381. The molecule has 146 valence electrons. The molecule has 6 nitrogen and oxygen atoms in total. The third-order valence-corrected chi connectivity index (χ3v) is 4.28. The number of hydrogen-bond acceptors (Lipinski definition) is 5. The Hall–Kier alpha value is -3.28. The summed E-state index contributed by atoms with van der Waals surface area (Å²) in [6.07, 6.45) is 1.97. The molecule has 0 saturated carbocycles. The van der Waals surface area contributed by atoms with E-state index in [1.54, 1.807) is 18.2 Å². The Balaban J connectivity index is 1.56. The average Bonchev–Trinajstić information content (AvgIpc) is 2.68. The van der Waals surface area contributed by atoms with Crippen LogP contribution in [0, 0.1) is 13.8 Å². The van der Waals surface area contributed by atoms with Gasteiger partial charge in [-0.05, 0) is 56.2 Å². The lowest BCUT2D eigenvalue weighted by Gasteiger charge is -2.18. The molecule has 1 N–H and O–H groups in total. The van der Waals surface area contributed by atoms with Crippen LogP contribution in [0.5, 0.6) is 11.5 Å². The Morgan fingerprint density at radius 3 is 2.57 bits per heavy atom. The van der Waals surface area contributed by atoms with Gasteiger partial charge in [0.1, 0.15) is 13.2 Å². The van der Waals surface area contributed by atoms with Crippen molar-refractivity contribution in [3.63, 3.8) is 0 Å². The maximum absolute atomic E-state index is 12.3. The number of carbonyl (C=O) groups excluding carboxylic acids is 2. The zero-order chi connectivity index (χ0) is 20.1. The van der Waals surface area contributed by atoms with Crippen LogP contribution in [0.15, 0.2) is 42.5 Å². The highest BCUT2D eigenvalue weighted by molar-refractivity contribution is 5.97. The Morgan fingerprint density at radius 1 is 1.07 bits per heavy atom. The van der Waals surface area contributed by atoms with Crippen molar-refractivity contribution < 1.29 is 23.8 Å². The number of nitrogens with one attached hydrogen (secondary N) is 1. The Morgan fingerprint density at radius 2 is 1.82 bits per heavy atom. The van der Waals surface area contributed by atoms with Crippen molar-refractivity contribution in [1.29, 1.82) is 0 Å². The summed E-state index contributed by atoms with van der Waals surface area (Å²) in [4.78, 5) is 24.3. The van der Waals surface area contributed by atoms with E-state index in [2.05, 4.69) is 5.32 Å². The number of rotatable bonds is 5. The molecule has 6 heteroatoms. The zero-order valence-electron chi connectivity index (χ0n) is 16.2. The molecular weight excluding hydrogens is 358 g/mol. The molecule has 0 fully saturated rings. The molecule has 28 heavy (non-hydrogen) atoms. The van der Waals surface area contributed by atoms with Crippen LogP contribution < -0.4 is 14.8 Å². The van der Waals surface area contributed by atoms with Crippen molar-refractivity contribution in [2.45, 2.75) is 26.9 Å². The molecule has 1 atom stereocenters. The number of aryl methyl sites for hydroxylation is 2. The Kier molecular flexibility index (Phi) is 5.99. The van der Waals surface area contributed by atoms with Gasteiger partial charge in [-0.1, -0.05) is 23.8 Å². The van der Waals surface area contributed by atoms with Crippen LogP contribution in [0.2, 0.25) is 0 Å². The molecule has 1 heterocycles. The van der Waals surface area contributed by atoms with E-state index in [-0.39, 0.29) is 5.91 Å². The molecule has 0 unspecified atom stereocenters. The van der Waals surface area contributed by atoms with E-state index in [0.29, 0.717) is 30.4 Å². The molecule has 1 amide bonds. The first-order valence-corrected chi connectivity index (χ1v) is 9.09.